The lowest BCUT2D eigenvalue weighted by molar-refractivity contribution is -0.0501. The highest BCUT2D eigenvalue weighted by Gasteiger charge is 2.21. The molecule has 3 aromatic rings. The summed E-state index contributed by atoms with van der Waals surface area (Å²) in [7, 11) is 0. The lowest BCUT2D eigenvalue weighted by Gasteiger charge is -2.11. The van der Waals surface area contributed by atoms with E-state index in [2.05, 4.69) is 20.5 Å². The summed E-state index contributed by atoms with van der Waals surface area (Å²) in [4.78, 5) is 25.3. The highest BCUT2D eigenvalue weighted by Crippen LogP contribution is 2.23. The van der Waals surface area contributed by atoms with E-state index in [0.717, 1.165) is 0 Å². The van der Waals surface area contributed by atoms with Gasteiger partial charge in [0, 0.05) is 18.4 Å². The standard InChI is InChI=1S/C20H18F2N4O3/c1-2-26-12-15(17(25-26)19(28)23-13-8-4-3-5-9-13)24-18(27)14-10-6-7-11-16(14)29-20(21)22/h3-12,20H,2H2,1H3,(H,23,28)(H,24,27). The van der Waals surface area contributed by atoms with Crippen molar-refractivity contribution in [1.29, 1.82) is 0 Å². The number of nitrogens with one attached hydrogen (secondary N) is 2. The Hall–Kier alpha value is -3.75. The van der Waals surface area contributed by atoms with Crippen LogP contribution in [0.1, 0.15) is 27.8 Å². The van der Waals surface area contributed by atoms with Crippen LogP contribution in [0.4, 0.5) is 20.2 Å². The van der Waals surface area contributed by atoms with Gasteiger partial charge in [0.2, 0.25) is 0 Å². The molecular weight excluding hydrogens is 382 g/mol. The SMILES string of the molecule is CCn1cc(NC(=O)c2ccccc2OC(F)F)c(C(=O)Nc2ccccc2)n1. The van der Waals surface area contributed by atoms with Crippen LogP contribution in [-0.2, 0) is 6.54 Å². The number of benzene rings is 2. The Balaban J connectivity index is 1.85. The maximum absolute atomic E-state index is 12.6. The molecule has 0 radical (unpaired) electrons. The van der Waals surface area contributed by atoms with Gasteiger partial charge in [-0.15, -0.1) is 0 Å². The molecule has 1 aromatic heterocycles. The number of carbonyl (C=O) groups excluding carboxylic acids is 2. The second-order valence-corrected chi connectivity index (χ2v) is 5.90. The smallest absolute Gasteiger partial charge is 0.387 e. The van der Waals surface area contributed by atoms with Gasteiger partial charge in [-0.25, -0.2) is 0 Å². The molecule has 150 valence electrons. The fourth-order valence-corrected chi connectivity index (χ4v) is 2.60. The number of aryl methyl sites for hydroxylation is 1. The molecule has 2 amide bonds. The number of halogens is 2. The first-order valence-electron chi connectivity index (χ1n) is 8.77. The molecule has 0 bridgehead atoms. The molecule has 0 aliphatic rings. The fraction of sp³-hybridized carbons (Fsp3) is 0.150. The predicted molar refractivity (Wildman–Crippen MR) is 103 cm³/mol. The zero-order valence-corrected chi connectivity index (χ0v) is 15.4. The van der Waals surface area contributed by atoms with Crippen LogP contribution in [0.15, 0.2) is 60.8 Å². The molecule has 2 aromatic carbocycles. The average molecular weight is 400 g/mol. The second kappa shape index (κ2) is 8.96. The van der Waals surface area contributed by atoms with Crippen molar-refractivity contribution in [3.63, 3.8) is 0 Å². The van der Waals surface area contributed by atoms with E-state index < -0.39 is 18.4 Å². The van der Waals surface area contributed by atoms with Crippen molar-refractivity contribution in [1.82, 2.24) is 9.78 Å². The first-order chi connectivity index (χ1) is 14.0. The van der Waals surface area contributed by atoms with Gasteiger partial charge in [-0.05, 0) is 31.2 Å². The monoisotopic (exact) mass is 400 g/mol. The topological polar surface area (TPSA) is 85.2 Å². The van der Waals surface area contributed by atoms with Gasteiger partial charge in [-0.1, -0.05) is 30.3 Å². The second-order valence-electron chi connectivity index (χ2n) is 5.90. The van der Waals surface area contributed by atoms with E-state index in [9.17, 15) is 18.4 Å². The van der Waals surface area contributed by atoms with Gasteiger partial charge in [0.15, 0.2) is 5.69 Å². The number of ether oxygens (including phenoxy) is 1. The Morgan fingerprint density at radius 2 is 1.72 bits per heavy atom. The highest BCUT2D eigenvalue weighted by molar-refractivity contribution is 6.12. The maximum atomic E-state index is 12.6. The number of aromatic nitrogens is 2. The van der Waals surface area contributed by atoms with E-state index in [1.54, 1.807) is 24.3 Å². The highest BCUT2D eigenvalue weighted by atomic mass is 19.3. The van der Waals surface area contributed by atoms with Gasteiger partial charge in [-0.2, -0.15) is 13.9 Å². The zero-order chi connectivity index (χ0) is 20.8. The first kappa shape index (κ1) is 20.0. The third-order valence-electron chi connectivity index (χ3n) is 3.93. The first-order valence-corrected chi connectivity index (χ1v) is 8.77. The molecule has 0 unspecified atom stereocenters. The molecule has 0 fully saturated rings. The van der Waals surface area contributed by atoms with Gasteiger partial charge >= 0.3 is 6.61 Å². The molecule has 0 aliphatic heterocycles. The summed E-state index contributed by atoms with van der Waals surface area (Å²) in [5.41, 5.74) is 0.622. The summed E-state index contributed by atoms with van der Waals surface area (Å²) < 4.78 is 31.1. The van der Waals surface area contributed by atoms with E-state index >= 15 is 0 Å². The van der Waals surface area contributed by atoms with Gasteiger partial charge in [0.05, 0.1) is 11.3 Å². The molecule has 7 nitrogen and oxygen atoms in total. The van der Waals surface area contributed by atoms with Crippen molar-refractivity contribution in [2.45, 2.75) is 20.1 Å². The lowest BCUT2D eigenvalue weighted by Crippen LogP contribution is -2.19. The van der Waals surface area contributed by atoms with E-state index in [-0.39, 0.29) is 22.7 Å². The summed E-state index contributed by atoms with van der Waals surface area (Å²) in [6.07, 6.45) is 1.49. The van der Waals surface area contributed by atoms with Crippen LogP contribution >= 0.6 is 0 Å². The number of para-hydroxylation sites is 2. The van der Waals surface area contributed by atoms with E-state index in [4.69, 9.17) is 0 Å². The maximum Gasteiger partial charge on any atom is 0.387 e. The fourth-order valence-electron chi connectivity index (χ4n) is 2.60. The van der Waals surface area contributed by atoms with Crippen LogP contribution in [0, 0.1) is 0 Å². The van der Waals surface area contributed by atoms with Crippen LogP contribution < -0.4 is 15.4 Å². The molecule has 9 heteroatoms. The van der Waals surface area contributed by atoms with Crippen molar-refractivity contribution in [3.05, 3.63) is 72.1 Å². The van der Waals surface area contributed by atoms with Crippen molar-refractivity contribution >= 4 is 23.2 Å². The number of hydrogen-bond donors (Lipinski definition) is 2. The van der Waals surface area contributed by atoms with E-state index in [0.29, 0.717) is 12.2 Å². The van der Waals surface area contributed by atoms with Crippen LogP contribution in [0.2, 0.25) is 0 Å². The third-order valence-corrected chi connectivity index (χ3v) is 3.93. The number of nitrogens with zero attached hydrogens (tertiary/aromatic N) is 2. The minimum absolute atomic E-state index is 0.00341. The van der Waals surface area contributed by atoms with Gasteiger partial charge < -0.3 is 15.4 Å². The molecule has 3 rings (SSSR count). The molecular formula is C20H18F2N4O3. The number of hydrogen-bond acceptors (Lipinski definition) is 4. The zero-order valence-electron chi connectivity index (χ0n) is 15.4. The normalized spacial score (nSPS) is 10.6. The molecule has 0 saturated carbocycles. The largest absolute Gasteiger partial charge is 0.434 e. The van der Waals surface area contributed by atoms with Crippen LogP contribution in [0.3, 0.4) is 0 Å². The Labute approximate surface area is 165 Å². The lowest BCUT2D eigenvalue weighted by atomic mass is 10.2. The average Bonchev–Trinajstić information content (AvgIpc) is 3.11. The Morgan fingerprint density at radius 1 is 1.03 bits per heavy atom. The quantitative estimate of drug-likeness (QED) is 0.628. The van der Waals surface area contributed by atoms with E-state index in [1.165, 1.54) is 35.1 Å². The van der Waals surface area contributed by atoms with Crippen LogP contribution in [-0.4, -0.2) is 28.2 Å². The van der Waals surface area contributed by atoms with Crippen molar-refractivity contribution in [2.75, 3.05) is 10.6 Å². The van der Waals surface area contributed by atoms with E-state index in [1.807, 2.05) is 13.0 Å². The number of carbonyl (C=O) groups is 2. The minimum atomic E-state index is -3.07. The molecule has 2 N–H and O–H groups in total. The van der Waals surface area contributed by atoms with Crippen LogP contribution in [0.25, 0.3) is 0 Å². The Bertz CT molecular complexity index is 1010. The van der Waals surface area contributed by atoms with Crippen LogP contribution in [0.5, 0.6) is 5.75 Å². The molecule has 0 spiro atoms. The minimum Gasteiger partial charge on any atom is -0.434 e. The third kappa shape index (κ3) is 4.95. The Kier molecular flexibility index (Phi) is 6.18. The number of amides is 2. The molecule has 0 aliphatic carbocycles. The number of alkyl halides is 2. The summed E-state index contributed by atoms with van der Waals surface area (Å²) in [5.74, 6) is -1.49. The summed E-state index contributed by atoms with van der Waals surface area (Å²) >= 11 is 0. The predicted octanol–water partition coefficient (Wildman–Crippen LogP) is 4.01. The Morgan fingerprint density at radius 3 is 2.41 bits per heavy atom. The summed E-state index contributed by atoms with van der Waals surface area (Å²) in [5, 5.41) is 9.43. The molecule has 29 heavy (non-hydrogen) atoms. The van der Waals surface area contributed by atoms with Gasteiger partial charge in [-0.3, -0.25) is 14.3 Å². The summed E-state index contributed by atoms with van der Waals surface area (Å²) in [6.45, 7) is -0.783. The number of anilines is 2. The van der Waals surface area contributed by atoms with Crippen molar-refractivity contribution in [3.8, 4) is 5.75 Å². The number of rotatable bonds is 7. The van der Waals surface area contributed by atoms with Gasteiger partial charge in [0.1, 0.15) is 5.75 Å². The van der Waals surface area contributed by atoms with Crippen molar-refractivity contribution in [2.24, 2.45) is 0 Å². The van der Waals surface area contributed by atoms with Gasteiger partial charge in [0.25, 0.3) is 11.8 Å². The molecule has 0 saturated heterocycles. The summed E-state index contributed by atoms with van der Waals surface area (Å²) in [6, 6.07) is 14.4. The molecule has 1 heterocycles. The van der Waals surface area contributed by atoms with Crippen molar-refractivity contribution < 1.29 is 23.1 Å². The molecule has 0 atom stereocenters.